The van der Waals surface area contributed by atoms with Crippen LogP contribution in [0.25, 0.3) is 0 Å². The summed E-state index contributed by atoms with van der Waals surface area (Å²) in [4.78, 5) is 11.6. The second-order valence-electron chi connectivity index (χ2n) is 4.39. The Bertz CT molecular complexity index is 206. The maximum atomic E-state index is 11.6. The molecule has 1 amide bonds. The first-order valence-corrected chi connectivity index (χ1v) is 5.22. The van der Waals surface area contributed by atoms with Crippen LogP contribution >= 0.6 is 0 Å². The predicted molar refractivity (Wildman–Crippen MR) is 54.9 cm³/mol. The molecule has 3 atom stereocenters. The molecule has 1 heterocycles. The van der Waals surface area contributed by atoms with Gasteiger partial charge in [-0.25, -0.2) is 0 Å². The molecule has 4 nitrogen and oxygen atoms in total. The summed E-state index contributed by atoms with van der Waals surface area (Å²) in [6.07, 6.45) is 0.150. The van der Waals surface area contributed by atoms with Gasteiger partial charge in [-0.05, 0) is 19.3 Å². The maximum Gasteiger partial charge on any atom is 0.237 e. The second kappa shape index (κ2) is 4.75. The molecule has 4 heteroatoms. The van der Waals surface area contributed by atoms with Crippen molar-refractivity contribution < 1.29 is 9.90 Å². The van der Waals surface area contributed by atoms with Gasteiger partial charge >= 0.3 is 0 Å². The van der Waals surface area contributed by atoms with E-state index in [2.05, 4.69) is 24.5 Å². The predicted octanol–water partition coefficient (Wildman–Crippen LogP) is -0.130. The third-order valence-corrected chi connectivity index (χ3v) is 2.79. The SMILES string of the molecule is CC(C)C(C)NC(=O)[C@H]1C[C@@H](O)CN1. The molecule has 3 N–H and O–H groups in total. The molecule has 1 saturated heterocycles. The van der Waals surface area contributed by atoms with Crippen LogP contribution in [0.3, 0.4) is 0 Å². The molecule has 0 saturated carbocycles. The molecular weight excluding hydrogens is 180 g/mol. The topological polar surface area (TPSA) is 61.4 Å². The molecule has 1 rings (SSSR count). The smallest absolute Gasteiger partial charge is 0.237 e. The Morgan fingerprint density at radius 3 is 2.57 bits per heavy atom. The minimum absolute atomic E-state index is 0.00255. The van der Waals surface area contributed by atoms with Gasteiger partial charge in [-0.15, -0.1) is 0 Å². The minimum Gasteiger partial charge on any atom is -0.392 e. The number of aliphatic hydroxyl groups is 1. The molecule has 0 aromatic heterocycles. The van der Waals surface area contributed by atoms with Gasteiger partial charge < -0.3 is 15.7 Å². The lowest BCUT2D eigenvalue weighted by Gasteiger charge is -2.19. The fourth-order valence-electron chi connectivity index (χ4n) is 1.41. The molecule has 1 fully saturated rings. The third-order valence-electron chi connectivity index (χ3n) is 2.79. The Morgan fingerprint density at radius 2 is 2.14 bits per heavy atom. The molecule has 0 aliphatic carbocycles. The summed E-state index contributed by atoms with van der Waals surface area (Å²) in [5.74, 6) is 0.438. The molecular formula is C10H20N2O2. The van der Waals surface area contributed by atoms with Crippen LogP contribution in [0.15, 0.2) is 0 Å². The molecule has 1 unspecified atom stereocenters. The van der Waals surface area contributed by atoms with E-state index >= 15 is 0 Å². The summed E-state index contributed by atoms with van der Waals surface area (Å²) in [7, 11) is 0. The Hall–Kier alpha value is -0.610. The first kappa shape index (κ1) is 11.5. The lowest BCUT2D eigenvalue weighted by molar-refractivity contribution is -0.123. The van der Waals surface area contributed by atoms with E-state index in [-0.39, 0.29) is 24.1 Å². The minimum atomic E-state index is -0.375. The molecule has 1 aliphatic rings. The maximum absolute atomic E-state index is 11.6. The number of hydrogen-bond acceptors (Lipinski definition) is 3. The Morgan fingerprint density at radius 1 is 1.50 bits per heavy atom. The lowest BCUT2D eigenvalue weighted by atomic mass is 10.1. The monoisotopic (exact) mass is 200 g/mol. The highest BCUT2D eigenvalue weighted by atomic mass is 16.3. The molecule has 82 valence electrons. The number of rotatable bonds is 3. The van der Waals surface area contributed by atoms with Crippen molar-refractivity contribution in [1.29, 1.82) is 0 Å². The summed E-state index contributed by atoms with van der Waals surface area (Å²) in [5, 5.41) is 15.2. The van der Waals surface area contributed by atoms with E-state index in [9.17, 15) is 9.90 Å². The molecule has 0 radical (unpaired) electrons. The highest BCUT2D eigenvalue weighted by Crippen LogP contribution is 2.07. The average molecular weight is 200 g/mol. The second-order valence-corrected chi connectivity index (χ2v) is 4.39. The number of aliphatic hydroxyl groups excluding tert-OH is 1. The van der Waals surface area contributed by atoms with E-state index in [0.717, 1.165) is 0 Å². The van der Waals surface area contributed by atoms with Crippen molar-refractivity contribution >= 4 is 5.91 Å². The summed E-state index contributed by atoms with van der Waals surface area (Å²) in [6, 6.07) is -0.0340. The van der Waals surface area contributed by atoms with Gasteiger partial charge in [-0.1, -0.05) is 13.8 Å². The molecule has 0 aromatic carbocycles. The van der Waals surface area contributed by atoms with Gasteiger partial charge in [0, 0.05) is 12.6 Å². The van der Waals surface area contributed by atoms with Crippen molar-refractivity contribution in [2.75, 3.05) is 6.54 Å². The quantitative estimate of drug-likeness (QED) is 0.595. The van der Waals surface area contributed by atoms with Crippen LogP contribution in [0.5, 0.6) is 0 Å². The summed E-state index contributed by atoms with van der Waals surface area (Å²) >= 11 is 0. The molecule has 1 aliphatic heterocycles. The largest absolute Gasteiger partial charge is 0.392 e. The van der Waals surface area contributed by atoms with Crippen molar-refractivity contribution in [3.05, 3.63) is 0 Å². The fourth-order valence-corrected chi connectivity index (χ4v) is 1.41. The van der Waals surface area contributed by atoms with Crippen molar-refractivity contribution in [2.24, 2.45) is 5.92 Å². The summed E-state index contributed by atoms with van der Waals surface area (Å²) in [6.45, 7) is 6.66. The van der Waals surface area contributed by atoms with E-state index in [1.807, 2.05) is 6.92 Å². The standard InChI is InChI=1S/C10H20N2O2/c1-6(2)7(3)12-10(14)9-4-8(13)5-11-9/h6-9,11,13H,4-5H2,1-3H3,(H,12,14)/t7?,8-,9-/m1/s1. The average Bonchev–Trinajstić information content (AvgIpc) is 2.51. The molecule has 0 spiro atoms. The van der Waals surface area contributed by atoms with Crippen molar-refractivity contribution in [2.45, 2.75) is 45.4 Å². The van der Waals surface area contributed by atoms with Crippen LogP contribution in [0.1, 0.15) is 27.2 Å². The van der Waals surface area contributed by atoms with Gasteiger partial charge in [0.2, 0.25) is 5.91 Å². The number of nitrogens with one attached hydrogen (secondary N) is 2. The molecule has 0 bridgehead atoms. The number of carbonyl (C=O) groups excluding carboxylic acids is 1. The fraction of sp³-hybridized carbons (Fsp3) is 0.900. The van der Waals surface area contributed by atoms with Crippen molar-refractivity contribution in [3.8, 4) is 0 Å². The molecule has 14 heavy (non-hydrogen) atoms. The summed E-state index contributed by atoms with van der Waals surface area (Å²) in [5.41, 5.74) is 0. The van der Waals surface area contributed by atoms with E-state index in [4.69, 9.17) is 0 Å². The lowest BCUT2D eigenvalue weighted by Crippen LogP contribution is -2.45. The van der Waals surface area contributed by atoms with E-state index in [1.54, 1.807) is 0 Å². The van der Waals surface area contributed by atoms with Gasteiger partial charge in [0.25, 0.3) is 0 Å². The highest BCUT2D eigenvalue weighted by molar-refractivity contribution is 5.82. The number of β-amino-alcohol motifs (C(OH)–C–C–N with tert-alkyl or cyclic N) is 1. The molecule has 0 aromatic rings. The number of amides is 1. The van der Waals surface area contributed by atoms with Crippen LogP contribution in [-0.2, 0) is 4.79 Å². The van der Waals surface area contributed by atoms with Crippen LogP contribution in [-0.4, -0.2) is 35.7 Å². The van der Waals surface area contributed by atoms with Gasteiger partial charge in [0.05, 0.1) is 12.1 Å². The Labute approximate surface area is 85.1 Å². The third kappa shape index (κ3) is 2.96. The Balaban J connectivity index is 2.35. The normalized spacial score (nSPS) is 29.2. The van der Waals surface area contributed by atoms with Gasteiger partial charge in [0.15, 0.2) is 0 Å². The first-order valence-electron chi connectivity index (χ1n) is 5.22. The number of carbonyl (C=O) groups is 1. The van der Waals surface area contributed by atoms with Crippen LogP contribution in [0.4, 0.5) is 0 Å². The van der Waals surface area contributed by atoms with Crippen molar-refractivity contribution in [3.63, 3.8) is 0 Å². The zero-order chi connectivity index (χ0) is 10.7. The van der Waals surface area contributed by atoms with E-state index < -0.39 is 0 Å². The van der Waals surface area contributed by atoms with Crippen LogP contribution in [0.2, 0.25) is 0 Å². The Kier molecular flexibility index (Phi) is 3.89. The van der Waals surface area contributed by atoms with Gasteiger partial charge in [-0.3, -0.25) is 4.79 Å². The van der Waals surface area contributed by atoms with Crippen molar-refractivity contribution in [1.82, 2.24) is 10.6 Å². The van der Waals surface area contributed by atoms with Crippen LogP contribution < -0.4 is 10.6 Å². The van der Waals surface area contributed by atoms with Gasteiger partial charge in [-0.2, -0.15) is 0 Å². The van der Waals surface area contributed by atoms with Gasteiger partial charge in [0.1, 0.15) is 0 Å². The number of hydrogen-bond donors (Lipinski definition) is 3. The van der Waals surface area contributed by atoms with E-state index in [1.165, 1.54) is 0 Å². The summed E-state index contributed by atoms with van der Waals surface area (Å²) < 4.78 is 0. The van der Waals surface area contributed by atoms with Crippen LogP contribution in [0, 0.1) is 5.92 Å². The van der Waals surface area contributed by atoms with E-state index in [0.29, 0.717) is 18.9 Å². The first-order chi connectivity index (χ1) is 6.50. The highest BCUT2D eigenvalue weighted by Gasteiger charge is 2.28. The zero-order valence-electron chi connectivity index (χ0n) is 9.08. The zero-order valence-corrected chi connectivity index (χ0v) is 9.08.